The van der Waals surface area contributed by atoms with Crippen LogP contribution in [0.2, 0.25) is 5.28 Å². The van der Waals surface area contributed by atoms with E-state index in [4.69, 9.17) is 11.6 Å². The van der Waals surface area contributed by atoms with Gasteiger partial charge < -0.3 is 10.0 Å². The number of anilines is 1. The van der Waals surface area contributed by atoms with Crippen molar-refractivity contribution in [1.29, 1.82) is 0 Å². The molecule has 0 aliphatic carbocycles. The third kappa shape index (κ3) is 2.49. The van der Waals surface area contributed by atoms with Gasteiger partial charge in [-0.2, -0.15) is 24.7 Å². The van der Waals surface area contributed by atoms with Gasteiger partial charge >= 0.3 is 0 Å². The first kappa shape index (κ1) is 12.2. The molecule has 1 aliphatic rings. The fourth-order valence-electron chi connectivity index (χ4n) is 2.00. The van der Waals surface area contributed by atoms with Crippen LogP contribution >= 0.6 is 11.6 Å². The maximum absolute atomic E-state index is 9.98. The second-order valence-corrected chi connectivity index (χ2v) is 5.05. The fraction of sp³-hybridized carbons (Fsp3) is 0.500. The molecule has 0 saturated carbocycles. The molecule has 1 fully saturated rings. The second-order valence-electron chi connectivity index (χ2n) is 4.71. The molecule has 9 heteroatoms. The molecular weight excluding hydrogens is 270 g/mol. The Labute approximate surface area is 114 Å². The van der Waals surface area contributed by atoms with Gasteiger partial charge in [-0.1, -0.05) is 0 Å². The van der Waals surface area contributed by atoms with Gasteiger partial charge in [0.05, 0.1) is 5.60 Å². The maximum atomic E-state index is 9.98. The Bertz CT molecular complexity index is 586. The Hall–Kier alpha value is -1.80. The van der Waals surface area contributed by atoms with E-state index in [0.29, 0.717) is 31.4 Å². The fourth-order valence-corrected chi connectivity index (χ4v) is 2.15. The van der Waals surface area contributed by atoms with Gasteiger partial charge in [0.1, 0.15) is 12.7 Å². The van der Waals surface area contributed by atoms with E-state index in [-0.39, 0.29) is 5.28 Å². The lowest BCUT2D eigenvalue weighted by molar-refractivity contribution is 0.0838. The van der Waals surface area contributed by atoms with E-state index >= 15 is 0 Å². The molecule has 1 atom stereocenters. The highest BCUT2D eigenvalue weighted by Crippen LogP contribution is 2.24. The van der Waals surface area contributed by atoms with Crippen molar-refractivity contribution < 1.29 is 5.11 Å². The maximum Gasteiger partial charge on any atom is 0.258 e. The third-order valence-electron chi connectivity index (χ3n) is 2.94. The van der Waals surface area contributed by atoms with Crippen LogP contribution in [0.5, 0.6) is 0 Å². The number of β-amino-alcohol motifs (C(OH)–C–C–N with tert-alkyl or cyclic N) is 1. The number of halogens is 1. The Morgan fingerprint density at radius 1 is 1.32 bits per heavy atom. The molecule has 8 nitrogen and oxygen atoms in total. The van der Waals surface area contributed by atoms with E-state index in [2.05, 4.69) is 25.0 Å². The molecule has 1 N–H and O–H groups in total. The minimum absolute atomic E-state index is 0.0852. The molecule has 1 saturated heterocycles. The van der Waals surface area contributed by atoms with Gasteiger partial charge in [0.25, 0.3) is 5.95 Å². The van der Waals surface area contributed by atoms with Crippen LogP contribution in [0.3, 0.4) is 0 Å². The highest BCUT2D eigenvalue weighted by Gasteiger charge is 2.33. The Morgan fingerprint density at radius 3 is 2.74 bits per heavy atom. The number of nitrogens with zero attached hydrogens (tertiary/aromatic N) is 7. The average Bonchev–Trinajstić information content (AvgIpc) is 2.97. The molecule has 0 spiro atoms. The summed E-state index contributed by atoms with van der Waals surface area (Å²) in [5, 5.41) is 14.0. The van der Waals surface area contributed by atoms with Crippen LogP contribution in [0.4, 0.5) is 5.95 Å². The molecule has 0 aromatic carbocycles. The van der Waals surface area contributed by atoms with Gasteiger partial charge in [0, 0.05) is 13.1 Å². The zero-order valence-corrected chi connectivity index (χ0v) is 11.0. The van der Waals surface area contributed by atoms with Crippen LogP contribution in [0.25, 0.3) is 5.95 Å². The van der Waals surface area contributed by atoms with E-state index in [9.17, 15) is 5.11 Å². The molecule has 0 bridgehead atoms. The van der Waals surface area contributed by atoms with Crippen molar-refractivity contribution in [3.63, 3.8) is 0 Å². The predicted molar refractivity (Wildman–Crippen MR) is 67.2 cm³/mol. The Kier molecular flexibility index (Phi) is 2.83. The molecule has 100 valence electrons. The summed E-state index contributed by atoms with van der Waals surface area (Å²) in [6.07, 6.45) is 3.53. The van der Waals surface area contributed by atoms with Gasteiger partial charge in [-0.15, -0.1) is 0 Å². The standard InChI is InChI=1S/C10H12ClN7O/c1-10(19)2-3-17(4-10)8-14-7(11)15-9(16-8)18-6-12-5-13-18/h5-6,19H,2-4H2,1H3. The largest absolute Gasteiger partial charge is 0.388 e. The van der Waals surface area contributed by atoms with Crippen molar-refractivity contribution in [3.8, 4) is 5.95 Å². The average molecular weight is 282 g/mol. The summed E-state index contributed by atoms with van der Waals surface area (Å²) in [5.74, 6) is 0.738. The molecule has 0 amide bonds. The summed E-state index contributed by atoms with van der Waals surface area (Å²) < 4.78 is 1.41. The second kappa shape index (κ2) is 4.39. The van der Waals surface area contributed by atoms with Gasteiger partial charge in [-0.05, 0) is 24.9 Å². The van der Waals surface area contributed by atoms with Crippen molar-refractivity contribution in [3.05, 3.63) is 17.9 Å². The van der Waals surface area contributed by atoms with Crippen LogP contribution in [0, 0.1) is 0 Å². The summed E-state index contributed by atoms with van der Waals surface area (Å²) >= 11 is 5.90. The van der Waals surface area contributed by atoms with Gasteiger partial charge in [0.2, 0.25) is 11.2 Å². The van der Waals surface area contributed by atoms with Crippen molar-refractivity contribution in [2.45, 2.75) is 18.9 Å². The summed E-state index contributed by atoms with van der Waals surface area (Å²) in [4.78, 5) is 18.1. The molecule has 3 rings (SSSR count). The SMILES string of the molecule is CC1(O)CCN(c2nc(Cl)nc(-n3cncn3)n2)C1. The van der Waals surface area contributed by atoms with Crippen LogP contribution in [0.15, 0.2) is 12.7 Å². The quantitative estimate of drug-likeness (QED) is 0.832. The Morgan fingerprint density at radius 2 is 2.11 bits per heavy atom. The number of rotatable bonds is 2. The lowest BCUT2D eigenvalue weighted by Gasteiger charge is -2.19. The summed E-state index contributed by atoms with van der Waals surface area (Å²) in [6, 6.07) is 0. The van der Waals surface area contributed by atoms with Crippen molar-refractivity contribution in [1.82, 2.24) is 29.7 Å². The predicted octanol–water partition coefficient (Wildman–Crippen LogP) is 0.0668. The highest BCUT2D eigenvalue weighted by atomic mass is 35.5. The Balaban J connectivity index is 1.95. The lowest BCUT2D eigenvalue weighted by atomic mass is 10.1. The lowest BCUT2D eigenvalue weighted by Crippen LogP contribution is -2.30. The molecule has 1 unspecified atom stereocenters. The first-order valence-electron chi connectivity index (χ1n) is 5.77. The highest BCUT2D eigenvalue weighted by molar-refractivity contribution is 6.28. The summed E-state index contributed by atoms with van der Waals surface area (Å²) in [5.41, 5.74) is -0.730. The van der Waals surface area contributed by atoms with Crippen LogP contribution in [0.1, 0.15) is 13.3 Å². The zero-order valence-electron chi connectivity index (χ0n) is 10.2. The first-order valence-corrected chi connectivity index (χ1v) is 6.15. The molecule has 0 radical (unpaired) electrons. The number of aliphatic hydroxyl groups is 1. The molecule has 3 heterocycles. The molecule has 2 aromatic rings. The van der Waals surface area contributed by atoms with E-state index in [1.807, 2.05) is 4.90 Å². The number of hydrogen-bond acceptors (Lipinski definition) is 7. The molecular formula is C10H12ClN7O. The van der Waals surface area contributed by atoms with Gasteiger partial charge in [-0.3, -0.25) is 0 Å². The van der Waals surface area contributed by atoms with Crippen molar-refractivity contribution >= 4 is 17.5 Å². The van der Waals surface area contributed by atoms with E-state index < -0.39 is 5.60 Å². The van der Waals surface area contributed by atoms with Crippen LogP contribution < -0.4 is 4.90 Å². The monoisotopic (exact) mass is 281 g/mol. The van der Waals surface area contributed by atoms with E-state index in [0.717, 1.165) is 0 Å². The minimum atomic E-state index is -0.730. The topological polar surface area (TPSA) is 92.8 Å². The normalized spacial score (nSPS) is 23.0. The summed E-state index contributed by atoms with van der Waals surface area (Å²) in [6.45, 7) is 2.92. The van der Waals surface area contributed by atoms with Gasteiger partial charge in [-0.25, -0.2) is 4.98 Å². The molecule has 1 aliphatic heterocycles. The van der Waals surface area contributed by atoms with E-state index in [1.165, 1.54) is 17.3 Å². The van der Waals surface area contributed by atoms with E-state index in [1.54, 1.807) is 6.92 Å². The first-order chi connectivity index (χ1) is 9.03. The summed E-state index contributed by atoms with van der Waals surface area (Å²) in [7, 11) is 0. The smallest absolute Gasteiger partial charge is 0.258 e. The van der Waals surface area contributed by atoms with Crippen molar-refractivity contribution in [2.75, 3.05) is 18.0 Å². The zero-order chi connectivity index (χ0) is 13.5. The van der Waals surface area contributed by atoms with Crippen molar-refractivity contribution in [2.24, 2.45) is 0 Å². The number of aromatic nitrogens is 6. The third-order valence-corrected chi connectivity index (χ3v) is 3.11. The number of hydrogen-bond donors (Lipinski definition) is 1. The van der Waals surface area contributed by atoms with Gasteiger partial charge in [0.15, 0.2) is 0 Å². The molecule has 19 heavy (non-hydrogen) atoms. The van der Waals surface area contributed by atoms with Crippen LogP contribution in [-0.4, -0.2) is 53.5 Å². The molecule has 2 aromatic heterocycles. The minimum Gasteiger partial charge on any atom is -0.388 e. The van der Waals surface area contributed by atoms with Crippen LogP contribution in [-0.2, 0) is 0 Å².